The molecule has 9 heteroatoms. The van der Waals surface area contributed by atoms with Crippen molar-refractivity contribution in [2.45, 2.75) is 32.2 Å². The first-order valence-corrected chi connectivity index (χ1v) is 10.3. The quantitative estimate of drug-likeness (QED) is 0.611. The zero-order valence-corrected chi connectivity index (χ0v) is 17.6. The lowest BCUT2D eigenvalue weighted by Gasteiger charge is -2.18. The van der Waals surface area contributed by atoms with E-state index >= 15 is 0 Å². The first kappa shape index (κ1) is 20.5. The number of benzene rings is 2. The van der Waals surface area contributed by atoms with Crippen molar-refractivity contribution in [3.8, 4) is 11.4 Å². The van der Waals surface area contributed by atoms with Gasteiger partial charge in [0.15, 0.2) is 5.82 Å². The number of amides is 3. The Morgan fingerprint density at radius 3 is 2.55 bits per heavy atom. The summed E-state index contributed by atoms with van der Waals surface area (Å²) in [4.78, 5) is 26.2. The van der Waals surface area contributed by atoms with Gasteiger partial charge < -0.3 is 15.5 Å². The molecule has 0 atom stereocenters. The van der Waals surface area contributed by atoms with Gasteiger partial charge in [0.05, 0.1) is 6.04 Å². The van der Waals surface area contributed by atoms with Gasteiger partial charge in [0.25, 0.3) is 0 Å². The smallest absolute Gasteiger partial charge is 0.322 e. The van der Waals surface area contributed by atoms with Crippen molar-refractivity contribution in [1.82, 2.24) is 25.1 Å². The van der Waals surface area contributed by atoms with Gasteiger partial charge in [-0.3, -0.25) is 4.79 Å². The number of hydrogen-bond donors (Lipinski definition) is 2. The maximum atomic E-state index is 12.5. The lowest BCUT2D eigenvalue weighted by molar-refractivity contribution is -0.116. The first-order chi connectivity index (χ1) is 15.0. The molecule has 0 spiro atoms. The molecule has 0 bridgehead atoms. The first-order valence-electron chi connectivity index (χ1n) is 10.3. The van der Waals surface area contributed by atoms with E-state index in [4.69, 9.17) is 0 Å². The molecule has 31 heavy (non-hydrogen) atoms. The molecule has 3 amide bonds. The number of nitrogens with zero attached hydrogens (tertiary/aromatic N) is 5. The summed E-state index contributed by atoms with van der Waals surface area (Å²) in [7, 11) is 1.58. The van der Waals surface area contributed by atoms with Crippen LogP contribution in [0.3, 0.4) is 0 Å². The molecule has 0 saturated heterocycles. The number of carbonyl (C=O) groups excluding carboxylic acids is 2. The van der Waals surface area contributed by atoms with Crippen molar-refractivity contribution in [2.24, 2.45) is 0 Å². The van der Waals surface area contributed by atoms with Gasteiger partial charge >= 0.3 is 6.03 Å². The van der Waals surface area contributed by atoms with Gasteiger partial charge in [-0.1, -0.05) is 25.1 Å². The topological polar surface area (TPSA) is 105 Å². The summed E-state index contributed by atoms with van der Waals surface area (Å²) in [5, 5.41) is 17.6. The van der Waals surface area contributed by atoms with E-state index in [1.807, 2.05) is 48.0 Å². The number of urea groups is 1. The summed E-state index contributed by atoms with van der Waals surface area (Å²) in [6, 6.07) is 15.0. The second-order valence-corrected chi connectivity index (χ2v) is 7.60. The van der Waals surface area contributed by atoms with E-state index in [-0.39, 0.29) is 18.5 Å². The van der Waals surface area contributed by atoms with Gasteiger partial charge in [-0.25, -0.2) is 9.48 Å². The molecule has 1 heterocycles. The van der Waals surface area contributed by atoms with Crippen LogP contribution in [0.4, 0.5) is 16.2 Å². The standard InChI is InChI=1S/C22H25N7O2/c1-3-15-6-4-5-7-19(15)24-20(30)14-28(2)22(31)23-17-10-8-16(9-11-17)21-25-26-27-29(21)18-12-13-18/h4-11,18H,3,12-14H2,1-2H3,(H,23,31)(H,24,30). The summed E-state index contributed by atoms with van der Waals surface area (Å²) >= 11 is 0. The van der Waals surface area contributed by atoms with Crippen LogP contribution in [-0.4, -0.2) is 50.6 Å². The number of rotatable bonds is 7. The Morgan fingerprint density at radius 2 is 1.84 bits per heavy atom. The molecular formula is C22H25N7O2. The molecule has 2 N–H and O–H groups in total. The van der Waals surface area contributed by atoms with E-state index in [0.29, 0.717) is 11.7 Å². The Labute approximate surface area is 180 Å². The Morgan fingerprint density at radius 1 is 1.10 bits per heavy atom. The third-order valence-electron chi connectivity index (χ3n) is 5.18. The number of carbonyl (C=O) groups is 2. The van der Waals surface area contributed by atoms with Crippen molar-refractivity contribution < 1.29 is 9.59 Å². The average Bonchev–Trinajstić information content (AvgIpc) is 3.51. The van der Waals surface area contributed by atoms with Gasteiger partial charge in [-0.2, -0.15) is 0 Å². The van der Waals surface area contributed by atoms with Crippen LogP contribution in [0.25, 0.3) is 11.4 Å². The van der Waals surface area contributed by atoms with Crippen molar-refractivity contribution in [1.29, 1.82) is 0 Å². The Bertz CT molecular complexity index is 1070. The number of likely N-dealkylation sites (N-methyl/N-ethyl adjacent to an activating group) is 1. The largest absolute Gasteiger partial charge is 0.324 e. The molecule has 3 aromatic rings. The van der Waals surface area contributed by atoms with Crippen molar-refractivity contribution in [2.75, 3.05) is 24.2 Å². The number of hydrogen-bond acceptors (Lipinski definition) is 5. The van der Waals surface area contributed by atoms with E-state index in [9.17, 15) is 9.59 Å². The number of nitrogens with one attached hydrogen (secondary N) is 2. The maximum Gasteiger partial charge on any atom is 0.322 e. The third-order valence-corrected chi connectivity index (χ3v) is 5.18. The second-order valence-electron chi connectivity index (χ2n) is 7.60. The van der Waals surface area contributed by atoms with Crippen LogP contribution in [0.5, 0.6) is 0 Å². The van der Waals surface area contributed by atoms with E-state index in [0.717, 1.165) is 41.9 Å². The minimum Gasteiger partial charge on any atom is -0.324 e. The van der Waals surface area contributed by atoms with Crippen LogP contribution in [-0.2, 0) is 11.2 Å². The third kappa shape index (κ3) is 4.88. The van der Waals surface area contributed by atoms with E-state index in [1.54, 1.807) is 19.2 Å². The molecule has 0 radical (unpaired) electrons. The molecule has 1 fully saturated rings. The summed E-state index contributed by atoms with van der Waals surface area (Å²) < 4.78 is 1.84. The molecule has 1 aliphatic rings. The Hall–Kier alpha value is -3.75. The monoisotopic (exact) mass is 419 g/mol. The van der Waals surface area contributed by atoms with Gasteiger partial charge in [-0.15, -0.1) is 5.10 Å². The molecular weight excluding hydrogens is 394 g/mol. The van der Waals surface area contributed by atoms with Crippen molar-refractivity contribution >= 4 is 23.3 Å². The van der Waals surface area contributed by atoms with Gasteiger partial charge in [0.1, 0.15) is 6.54 Å². The van der Waals surface area contributed by atoms with Crippen LogP contribution in [0.1, 0.15) is 31.4 Å². The molecule has 0 unspecified atom stereocenters. The fourth-order valence-electron chi connectivity index (χ4n) is 3.30. The minimum atomic E-state index is -0.366. The average molecular weight is 419 g/mol. The molecule has 1 saturated carbocycles. The molecule has 4 rings (SSSR count). The molecule has 1 aliphatic carbocycles. The van der Waals surface area contributed by atoms with Crippen LogP contribution in [0.15, 0.2) is 48.5 Å². The zero-order valence-electron chi connectivity index (χ0n) is 17.6. The molecule has 2 aromatic carbocycles. The molecule has 9 nitrogen and oxygen atoms in total. The van der Waals surface area contributed by atoms with E-state index in [2.05, 4.69) is 26.2 Å². The summed E-state index contributed by atoms with van der Waals surface area (Å²) in [5.74, 6) is 0.474. The summed E-state index contributed by atoms with van der Waals surface area (Å²) in [5.41, 5.74) is 3.34. The van der Waals surface area contributed by atoms with Crippen molar-refractivity contribution in [3.05, 3.63) is 54.1 Å². The molecule has 0 aliphatic heterocycles. The lowest BCUT2D eigenvalue weighted by atomic mass is 10.1. The Balaban J connectivity index is 1.33. The number of tetrazole rings is 1. The van der Waals surface area contributed by atoms with E-state index < -0.39 is 0 Å². The highest BCUT2D eigenvalue weighted by Crippen LogP contribution is 2.36. The van der Waals surface area contributed by atoms with E-state index in [1.165, 1.54) is 4.90 Å². The fourth-order valence-corrected chi connectivity index (χ4v) is 3.30. The van der Waals surface area contributed by atoms with Crippen LogP contribution in [0.2, 0.25) is 0 Å². The van der Waals surface area contributed by atoms with Crippen LogP contribution < -0.4 is 10.6 Å². The molecule has 160 valence electrons. The maximum absolute atomic E-state index is 12.5. The van der Waals surface area contributed by atoms with Crippen LogP contribution >= 0.6 is 0 Å². The number of aromatic nitrogens is 4. The normalized spacial score (nSPS) is 13.0. The van der Waals surface area contributed by atoms with Crippen LogP contribution in [0, 0.1) is 0 Å². The highest BCUT2D eigenvalue weighted by molar-refractivity contribution is 5.97. The SMILES string of the molecule is CCc1ccccc1NC(=O)CN(C)C(=O)Nc1ccc(-c2nnnn2C2CC2)cc1. The van der Waals surface area contributed by atoms with Gasteiger partial charge in [0.2, 0.25) is 5.91 Å². The number of para-hydroxylation sites is 1. The second kappa shape index (κ2) is 8.95. The molecule has 1 aromatic heterocycles. The number of aryl methyl sites for hydroxylation is 1. The van der Waals surface area contributed by atoms with Gasteiger partial charge in [-0.05, 0) is 65.6 Å². The highest BCUT2D eigenvalue weighted by Gasteiger charge is 2.28. The minimum absolute atomic E-state index is 0.0574. The lowest BCUT2D eigenvalue weighted by Crippen LogP contribution is -2.37. The number of anilines is 2. The predicted octanol–water partition coefficient (Wildman–Crippen LogP) is 3.34. The summed E-state index contributed by atoms with van der Waals surface area (Å²) in [6.45, 7) is 1.97. The zero-order chi connectivity index (χ0) is 21.8. The predicted molar refractivity (Wildman–Crippen MR) is 118 cm³/mol. The summed E-state index contributed by atoms with van der Waals surface area (Å²) in [6.07, 6.45) is 3.00. The van der Waals surface area contributed by atoms with Gasteiger partial charge in [0, 0.05) is 24.0 Å². The Kier molecular flexibility index (Phi) is 5.92. The fraction of sp³-hybridized carbons (Fsp3) is 0.318. The highest BCUT2D eigenvalue weighted by atomic mass is 16.2. The van der Waals surface area contributed by atoms with Crippen molar-refractivity contribution in [3.63, 3.8) is 0 Å².